The summed E-state index contributed by atoms with van der Waals surface area (Å²) in [6, 6.07) is 5.76. The van der Waals surface area contributed by atoms with Gasteiger partial charge in [0, 0.05) is 26.8 Å². The molecule has 0 radical (unpaired) electrons. The van der Waals surface area contributed by atoms with E-state index in [0.717, 1.165) is 18.8 Å². The first kappa shape index (κ1) is 13.5. The van der Waals surface area contributed by atoms with E-state index < -0.39 is 0 Å². The van der Waals surface area contributed by atoms with Crippen LogP contribution in [0, 0.1) is 0 Å². The number of carbonyl (C=O) groups is 1. The van der Waals surface area contributed by atoms with Crippen molar-refractivity contribution in [3.63, 3.8) is 0 Å². The zero-order valence-corrected chi connectivity index (χ0v) is 11.9. The SMILES string of the molecule is CN(C)C(=O)c1ccc(NCCc2ccsc2)nc1. The average Bonchev–Trinajstić information content (AvgIpc) is 2.92. The smallest absolute Gasteiger partial charge is 0.254 e. The summed E-state index contributed by atoms with van der Waals surface area (Å²) in [5, 5.41) is 7.47. The third kappa shape index (κ3) is 3.79. The minimum absolute atomic E-state index is 0.0303. The number of hydrogen-bond acceptors (Lipinski definition) is 4. The average molecular weight is 275 g/mol. The van der Waals surface area contributed by atoms with Crippen LogP contribution in [0.3, 0.4) is 0 Å². The van der Waals surface area contributed by atoms with Gasteiger partial charge in [0.1, 0.15) is 5.82 Å². The lowest BCUT2D eigenvalue weighted by molar-refractivity contribution is 0.0827. The van der Waals surface area contributed by atoms with Gasteiger partial charge in [0.15, 0.2) is 0 Å². The summed E-state index contributed by atoms with van der Waals surface area (Å²) in [6.45, 7) is 0.838. The Bertz CT molecular complexity index is 520. The summed E-state index contributed by atoms with van der Waals surface area (Å²) < 4.78 is 0. The summed E-state index contributed by atoms with van der Waals surface area (Å²) in [6.07, 6.45) is 2.58. The van der Waals surface area contributed by atoms with Crippen LogP contribution in [0.1, 0.15) is 15.9 Å². The number of pyridine rings is 1. The lowest BCUT2D eigenvalue weighted by Crippen LogP contribution is -2.21. The molecule has 19 heavy (non-hydrogen) atoms. The number of hydrogen-bond donors (Lipinski definition) is 1. The van der Waals surface area contributed by atoms with E-state index in [1.807, 2.05) is 6.07 Å². The Labute approximate surface area is 117 Å². The molecule has 0 aliphatic heterocycles. The molecule has 1 N–H and O–H groups in total. The van der Waals surface area contributed by atoms with Gasteiger partial charge in [-0.05, 0) is 40.9 Å². The van der Waals surface area contributed by atoms with Gasteiger partial charge in [-0.15, -0.1) is 0 Å². The molecule has 1 amide bonds. The van der Waals surface area contributed by atoms with Crippen LogP contribution in [0.15, 0.2) is 35.2 Å². The molecule has 0 atom stereocenters. The van der Waals surface area contributed by atoms with Crippen LogP contribution < -0.4 is 5.32 Å². The van der Waals surface area contributed by atoms with E-state index in [9.17, 15) is 4.79 Å². The second kappa shape index (κ2) is 6.33. The quantitative estimate of drug-likeness (QED) is 0.912. The second-order valence-corrected chi connectivity index (χ2v) is 5.22. The van der Waals surface area contributed by atoms with E-state index in [2.05, 4.69) is 27.1 Å². The molecule has 2 rings (SSSR count). The predicted molar refractivity (Wildman–Crippen MR) is 78.8 cm³/mol. The van der Waals surface area contributed by atoms with Crippen molar-refractivity contribution < 1.29 is 4.79 Å². The molecule has 0 fully saturated rings. The lowest BCUT2D eigenvalue weighted by Gasteiger charge is -2.10. The Hall–Kier alpha value is -1.88. The number of amides is 1. The van der Waals surface area contributed by atoms with E-state index in [-0.39, 0.29) is 5.91 Å². The number of anilines is 1. The van der Waals surface area contributed by atoms with E-state index in [0.29, 0.717) is 5.56 Å². The van der Waals surface area contributed by atoms with Gasteiger partial charge < -0.3 is 10.2 Å². The molecule has 5 heteroatoms. The molecule has 2 aromatic heterocycles. The molecule has 0 aliphatic rings. The summed E-state index contributed by atoms with van der Waals surface area (Å²) >= 11 is 1.71. The zero-order chi connectivity index (χ0) is 13.7. The molecular weight excluding hydrogens is 258 g/mol. The van der Waals surface area contributed by atoms with Crippen molar-refractivity contribution in [1.29, 1.82) is 0 Å². The number of nitrogens with one attached hydrogen (secondary N) is 1. The topological polar surface area (TPSA) is 45.2 Å². The van der Waals surface area contributed by atoms with Crippen molar-refractivity contribution in [2.75, 3.05) is 26.0 Å². The van der Waals surface area contributed by atoms with E-state index in [4.69, 9.17) is 0 Å². The second-order valence-electron chi connectivity index (χ2n) is 4.44. The highest BCUT2D eigenvalue weighted by Crippen LogP contribution is 2.09. The molecule has 0 bridgehead atoms. The molecule has 0 unspecified atom stereocenters. The van der Waals surface area contributed by atoms with Crippen LogP contribution in [0.25, 0.3) is 0 Å². The van der Waals surface area contributed by atoms with Crippen molar-refractivity contribution in [2.45, 2.75) is 6.42 Å². The van der Waals surface area contributed by atoms with Crippen molar-refractivity contribution >= 4 is 23.1 Å². The van der Waals surface area contributed by atoms with Crippen LogP contribution in [0.4, 0.5) is 5.82 Å². The van der Waals surface area contributed by atoms with Crippen LogP contribution in [-0.4, -0.2) is 36.4 Å². The van der Waals surface area contributed by atoms with Gasteiger partial charge in [-0.3, -0.25) is 4.79 Å². The maximum absolute atomic E-state index is 11.7. The number of carbonyl (C=O) groups excluding carboxylic acids is 1. The first-order chi connectivity index (χ1) is 9.16. The Morgan fingerprint density at radius 1 is 1.37 bits per heavy atom. The first-order valence-corrected chi connectivity index (χ1v) is 7.04. The third-order valence-corrected chi connectivity index (χ3v) is 3.45. The van der Waals surface area contributed by atoms with E-state index in [1.54, 1.807) is 42.6 Å². The van der Waals surface area contributed by atoms with Gasteiger partial charge in [-0.1, -0.05) is 0 Å². The Morgan fingerprint density at radius 2 is 2.21 bits per heavy atom. The largest absolute Gasteiger partial charge is 0.370 e. The number of nitrogens with zero attached hydrogens (tertiary/aromatic N) is 2. The minimum Gasteiger partial charge on any atom is -0.370 e. The number of thiophene rings is 1. The normalized spacial score (nSPS) is 10.2. The third-order valence-electron chi connectivity index (χ3n) is 2.72. The summed E-state index contributed by atoms with van der Waals surface area (Å²) in [4.78, 5) is 17.5. The number of aromatic nitrogens is 1. The van der Waals surface area contributed by atoms with Gasteiger partial charge in [-0.2, -0.15) is 11.3 Å². The number of rotatable bonds is 5. The van der Waals surface area contributed by atoms with E-state index >= 15 is 0 Å². The molecule has 0 saturated heterocycles. The molecule has 2 aromatic rings. The molecule has 0 aromatic carbocycles. The maximum Gasteiger partial charge on any atom is 0.254 e. The fourth-order valence-electron chi connectivity index (χ4n) is 1.65. The Kier molecular flexibility index (Phi) is 4.52. The standard InChI is InChI=1S/C14H17N3OS/c1-17(2)14(18)12-3-4-13(16-9-12)15-7-5-11-6-8-19-10-11/h3-4,6,8-10H,5,7H2,1-2H3,(H,15,16). The van der Waals surface area contributed by atoms with Gasteiger partial charge in [0.25, 0.3) is 5.91 Å². The molecule has 100 valence electrons. The summed E-state index contributed by atoms with van der Waals surface area (Å²) in [5.74, 6) is 0.767. The van der Waals surface area contributed by atoms with Crippen molar-refractivity contribution in [3.8, 4) is 0 Å². The van der Waals surface area contributed by atoms with Gasteiger partial charge in [0.05, 0.1) is 5.56 Å². The lowest BCUT2D eigenvalue weighted by atomic mass is 10.2. The predicted octanol–water partition coefficient (Wildman–Crippen LogP) is 2.50. The monoisotopic (exact) mass is 275 g/mol. The highest BCUT2D eigenvalue weighted by molar-refractivity contribution is 7.07. The Balaban J connectivity index is 1.86. The van der Waals surface area contributed by atoms with Gasteiger partial charge in [0.2, 0.25) is 0 Å². The van der Waals surface area contributed by atoms with Crippen molar-refractivity contribution in [2.24, 2.45) is 0 Å². The van der Waals surface area contributed by atoms with Gasteiger partial charge in [-0.25, -0.2) is 4.98 Å². The fourth-order valence-corrected chi connectivity index (χ4v) is 2.36. The molecule has 0 aliphatic carbocycles. The summed E-state index contributed by atoms with van der Waals surface area (Å²) in [7, 11) is 3.46. The van der Waals surface area contributed by atoms with Crippen molar-refractivity contribution in [3.05, 3.63) is 46.3 Å². The molecule has 0 spiro atoms. The zero-order valence-electron chi connectivity index (χ0n) is 11.1. The summed E-state index contributed by atoms with van der Waals surface area (Å²) in [5.41, 5.74) is 1.94. The van der Waals surface area contributed by atoms with E-state index in [1.165, 1.54) is 5.56 Å². The van der Waals surface area contributed by atoms with Crippen molar-refractivity contribution in [1.82, 2.24) is 9.88 Å². The van der Waals surface area contributed by atoms with Crippen LogP contribution in [-0.2, 0) is 6.42 Å². The van der Waals surface area contributed by atoms with Crippen LogP contribution in [0.5, 0.6) is 0 Å². The minimum atomic E-state index is -0.0303. The van der Waals surface area contributed by atoms with Crippen LogP contribution in [0.2, 0.25) is 0 Å². The molecule has 2 heterocycles. The van der Waals surface area contributed by atoms with Crippen LogP contribution >= 0.6 is 11.3 Å². The molecular formula is C14H17N3OS. The fraction of sp³-hybridized carbons (Fsp3) is 0.286. The first-order valence-electron chi connectivity index (χ1n) is 6.09. The highest BCUT2D eigenvalue weighted by Gasteiger charge is 2.07. The Morgan fingerprint density at radius 3 is 2.79 bits per heavy atom. The van der Waals surface area contributed by atoms with Gasteiger partial charge >= 0.3 is 0 Å². The maximum atomic E-state index is 11.7. The highest BCUT2D eigenvalue weighted by atomic mass is 32.1. The molecule has 0 saturated carbocycles. The molecule has 4 nitrogen and oxygen atoms in total.